The minimum atomic E-state index is -0.00573. The van der Waals surface area contributed by atoms with E-state index in [1.165, 1.54) is 5.56 Å². The topological polar surface area (TPSA) is 12.0 Å². The van der Waals surface area contributed by atoms with Crippen LogP contribution >= 0.6 is 35.0 Å². The number of nitrogens with one attached hydrogen (secondary N) is 1. The molecule has 1 aromatic carbocycles. The Balaban J connectivity index is 2.36. The van der Waals surface area contributed by atoms with Crippen LogP contribution in [0.3, 0.4) is 0 Å². The first-order valence-corrected chi connectivity index (χ1v) is 6.20. The van der Waals surface area contributed by atoms with Crippen LogP contribution in [0.15, 0.2) is 18.2 Å². The van der Waals surface area contributed by atoms with Crippen LogP contribution in [0.2, 0.25) is 10.0 Å². The third-order valence-corrected chi connectivity index (χ3v) is 4.53. The maximum Gasteiger partial charge on any atom is 0.0874 e. The minimum Gasteiger partial charge on any atom is -0.298 e. The lowest BCUT2D eigenvalue weighted by Crippen LogP contribution is -2.30. The summed E-state index contributed by atoms with van der Waals surface area (Å²) in [7, 11) is 0. The molecule has 1 fully saturated rings. The lowest BCUT2D eigenvalue weighted by molar-refractivity contribution is 0.575. The molecule has 1 saturated heterocycles. The first-order chi connectivity index (χ1) is 6.62. The highest BCUT2D eigenvalue weighted by Gasteiger charge is 2.30. The molecule has 1 unspecified atom stereocenters. The summed E-state index contributed by atoms with van der Waals surface area (Å²) < 4.78 is 0. The molecule has 0 bridgehead atoms. The van der Waals surface area contributed by atoms with Gasteiger partial charge in [0.2, 0.25) is 0 Å². The lowest BCUT2D eigenvalue weighted by Gasteiger charge is -2.24. The number of hydrogen-bond donors (Lipinski definition) is 1. The molecule has 0 spiro atoms. The van der Waals surface area contributed by atoms with E-state index < -0.39 is 0 Å². The molecule has 4 heteroatoms. The van der Waals surface area contributed by atoms with E-state index in [0.717, 1.165) is 12.3 Å². The van der Waals surface area contributed by atoms with Crippen molar-refractivity contribution in [3.63, 3.8) is 0 Å². The van der Waals surface area contributed by atoms with E-state index in [0.29, 0.717) is 10.0 Å². The molecule has 0 aromatic heterocycles. The number of benzene rings is 1. The Kier molecular flexibility index (Phi) is 2.98. The molecule has 2 rings (SSSR count). The summed E-state index contributed by atoms with van der Waals surface area (Å²) in [5.41, 5.74) is 1.19. The van der Waals surface area contributed by atoms with E-state index in [-0.39, 0.29) is 4.87 Å². The summed E-state index contributed by atoms with van der Waals surface area (Å²) in [5, 5.41) is 4.69. The summed E-state index contributed by atoms with van der Waals surface area (Å²) in [5.74, 6) is 1.14. The zero-order valence-electron chi connectivity index (χ0n) is 7.81. The van der Waals surface area contributed by atoms with E-state index in [9.17, 15) is 0 Å². The Morgan fingerprint density at radius 3 is 2.71 bits per heavy atom. The van der Waals surface area contributed by atoms with Crippen molar-refractivity contribution in [2.75, 3.05) is 12.3 Å². The van der Waals surface area contributed by atoms with Crippen molar-refractivity contribution in [3.8, 4) is 0 Å². The monoisotopic (exact) mass is 247 g/mol. The molecule has 1 nitrogen and oxygen atoms in total. The predicted octanol–water partition coefficient (Wildman–Crippen LogP) is 3.50. The second-order valence-electron chi connectivity index (χ2n) is 3.44. The summed E-state index contributed by atoms with van der Waals surface area (Å²) in [6.45, 7) is 3.21. The fraction of sp³-hybridized carbons (Fsp3) is 0.400. The minimum absolute atomic E-state index is 0.00573. The fourth-order valence-electron chi connectivity index (χ4n) is 1.57. The maximum atomic E-state index is 5.99. The van der Waals surface area contributed by atoms with Gasteiger partial charge in [-0.3, -0.25) is 5.32 Å². The molecule has 0 aliphatic carbocycles. The lowest BCUT2D eigenvalue weighted by atomic mass is 10.1. The molecule has 1 N–H and O–H groups in total. The van der Waals surface area contributed by atoms with Crippen LogP contribution < -0.4 is 5.32 Å². The maximum absolute atomic E-state index is 5.99. The Hall–Kier alpha value is 0.110. The second-order valence-corrected chi connectivity index (χ2v) is 5.77. The van der Waals surface area contributed by atoms with Gasteiger partial charge in [0.1, 0.15) is 0 Å². The second kappa shape index (κ2) is 3.93. The van der Waals surface area contributed by atoms with Gasteiger partial charge >= 0.3 is 0 Å². The summed E-state index contributed by atoms with van der Waals surface area (Å²) in [6.07, 6.45) is 0. The normalized spacial score (nSPS) is 26.8. The average Bonchev–Trinajstić information content (AvgIpc) is 2.58. The average molecular weight is 248 g/mol. The Morgan fingerprint density at radius 1 is 1.36 bits per heavy atom. The molecule has 0 saturated carbocycles. The van der Waals surface area contributed by atoms with Gasteiger partial charge in [-0.2, -0.15) is 0 Å². The number of hydrogen-bond acceptors (Lipinski definition) is 2. The first-order valence-electron chi connectivity index (χ1n) is 4.46. The van der Waals surface area contributed by atoms with Crippen LogP contribution in [0.1, 0.15) is 12.5 Å². The number of rotatable bonds is 1. The molecule has 1 aliphatic heterocycles. The number of thioether (sulfide) groups is 1. The van der Waals surface area contributed by atoms with Gasteiger partial charge < -0.3 is 0 Å². The first kappa shape index (κ1) is 10.6. The van der Waals surface area contributed by atoms with Crippen molar-refractivity contribution in [2.45, 2.75) is 11.8 Å². The van der Waals surface area contributed by atoms with Crippen molar-refractivity contribution in [1.29, 1.82) is 0 Å². The quantitative estimate of drug-likeness (QED) is 0.816. The van der Waals surface area contributed by atoms with E-state index in [2.05, 4.69) is 12.2 Å². The summed E-state index contributed by atoms with van der Waals surface area (Å²) >= 11 is 13.8. The van der Waals surface area contributed by atoms with Gasteiger partial charge in [-0.05, 0) is 24.6 Å². The van der Waals surface area contributed by atoms with E-state index in [1.54, 1.807) is 0 Å². The van der Waals surface area contributed by atoms with Crippen LogP contribution in [0.5, 0.6) is 0 Å². The van der Waals surface area contributed by atoms with E-state index in [4.69, 9.17) is 23.2 Å². The van der Waals surface area contributed by atoms with Gasteiger partial charge in [0.25, 0.3) is 0 Å². The van der Waals surface area contributed by atoms with E-state index in [1.807, 2.05) is 30.0 Å². The third kappa shape index (κ3) is 1.89. The molecule has 14 heavy (non-hydrogen) atoms. The zero-order chi connectivity index (χ0) is 10.2. The summed E-state index contributed by atoms with van der Waals surface area (Å²) in [6, 6.07) is 5.82. The highest BCUT2D eigenvalue weighted by molar-refractivity contribution is 8.00. The van der Waals surface area contributed by atoms with Gasteiger partial charge in [0.05, 0.1) is 14.9 Å². The van der Waals surface area contributed by atoms with Gasteiger partial charge in [-0.15, -0.1) is 11.8 Å². The van der Waals surface area contributed by atoms with Crippen molar-refractivity contribution in [2.24, 2.45) is 0 Å². The Morgan fingerprint density at radius 2 is 2.14 bits per heavy atom. The van der Waals surface area contributed by atoms with Crippen molar-refractivity contribution in [1.82, 2.24) is 5.32 Å². The van der Waals surface area contributed by atoms with Crippen LogP contribution in [0.4, 0.5) is 0 Å². The van der Waals surface area contributed by atoms with Crippen molar-refractivity contribution < 1.29 is 0 Å². The highest BCUT2D eigenvalue weighted by Crippen LogP contribution is 2.38. The largest absolute Gasteiger partial charge is 0.298 e. The fourth-order valence-corrected chi connectivity index (χ4v) is 2.98. The van der Waals surface area contributed by atoms with Gasteiger partial charge in [0.15, 0.2) is 0 Å². The zero-order valence-corrected chi connectivity index (χ0v) is 10.1. The SMILES string of the molecule is CC1(c2ccc(Cl)c(Cl)c2)NCCS1. The van der Waals surface area contributed by atoms with Gasteiger partial charge in [0, 0.05) is 12.3 Å². The van der Waals surface area contributed by atoms with Crippen molar-refractivity contribution >= 4 is 35.0 Å². The van der Waals surface area contributed by atoms with Crippen LogP contribution in [-0.4, -0.2) is 12.3 Å². The molecule has 1 aromatic rings. The number of halogens is 2. The van der Waals surface area contributed by atoms with Crippen molar-refractivity contribution in [3.05, 3.63) is 33.8 Å². The van der Waals surface area contributed by atoms with Gasteiger partial charge in [-0.1, -0.05) is 29.3 Å². The third-order valence-electron chi connectivity index (χ3n) is 2.43. The Labute approximate surface area is 98.2 Å². The molecule has 0 radical (unpaired) electrons. The van der Waals surface area contributed by atoms with E-state index >= 15 is 0 Å². The highest BCUT2D eigenvalue weighted by atomic mass is 35.5. The standard InChI is InChI=1S/C10H11Cl2NS/c1-10(13-4-5-14-10)7-2-3-8(11)9(12)6-7/h2-3,6,13H,4-5H2,1H3. The smallest absolute Gasteiger partial charge is 0.0874 e. The van der Waals surface area contributed by atoms with Crippen LogP contribution in [0.25, 0.3) is 0 Å². The predicted molar refractivity (Wildman–Crippen MR) is 64.3 cm³/mol. The van der Waals surface area contributed by atoms with Crippen LogP contribution in [-0.2, 0) is 4.87 Å². The molecular formula is C10H11Cl2NS. The molecule has 0 amide bonds. The molecule has 1 atom stereocenters. The van der Waals surface area contributed by atoms with Gasteiger partial charge in [-0.25, -0.2) is 0 Å². The molecular weight excluding hydrogens is 237 g/mol. The Bertz CT molecular complexity index is 348. The molecule has 1 aliphatic rings. The summed E-state index contributed by atoms with van der Waals surface area (Å²) in [4.78, 5) is -0.00573. The molecule has 76 valence electrons. The molecule has 1 heterocycles. The van der Waals surface area contributed by atoms with Crippen LogP contribution in [0, 0.1) is 0 Å².